The number of nitrogen functional groups attached to an aromatic ring is 1. The molecule has 1 atom stereocenters. The quantitative estimate of drug-likeness (QED) is 0.648. The summed E-state index contributed by atoms with van der Waals surface area (Å²) < 4.78 is 4.85. The largest absolute Gasteiger partial charge is 0.467 e. The summed E-state index contributed by atoms with van der Waals surface area (Å²) in [5.74, 6) is -0.756. The summed E-state index contributed by atoms with van der Waals surface area (Å²) in [6.07, 6.45) is 0.336. The maximum absolute atomic E-state index is 12.7. The van der Waals surface area contributed by atoms with Gasteiger partial charge in [-0.15, -0.1) is 0 Å². The predicted molar refractivity (Wildman–Crippen MR) is 98.5 cm³/mol. The van der Waals surface area contributed by atoms with E-state index in [1.54, 1.807) is 12.1 Å². The van der Waals surface area contributed by atoms with Crippen LogP contribution in [0.4, 0.5) is 5.69 Å². The minimum atomic E-state index is -0.763. The van der Waals surface area contributed by atoms with Crippen LogP contribution >= 0.6 is 0 Å². The first kappa shape index (κ1) is 18.5. The van der Waals surface area contributed by atoms with Crippen LogP contribution in [0, 0.1) is 20.8 Å². The van der Waals surface area contributed by atoms with Crippen LogP contribution in [0.25, 0.3) is 0 Å². The summed E-state index contributed by atoms with van der Waals surface area (Å²) in [4.78, 5) is 24.8. The van der Waals surface area contributed by atoms with E-state index in [9.17, 15) is 9.59 Å². The fourth-order valence-electron chi connectivity index (χ4n) is 2.99. The van der Waals surface area contributed by atoms with E-state index in [1.165, 1.54) is 7.11 Å². The molecular formula is C20H24N2O3. The number of amides is 1. The van der Waals surface area contributed by atoms with Crippen molar-refractivity contribution < 1.29 is 14.3 Å². The van der Waals surface area contributed by atoms with Crippen LogP contribution in [0.1, 0.15) is 32.6 Å². The third-order valence-corrected chi connectivity index (χ3v) is 4.11. The number of carbonyl (C=O) groups excluding carboxylic acids is 2. The molecule has 0 spiro atoms. The SMILES string of the molecule is COC(=O)[C@H](Cc1ccc(N)cc1)NC(=O)c1c(C)cc(C)cc1C. The lowest BCUT2D eigenvalue weighted by atomic mass is 9.98. The number of anilines is 1. The van der Waals surface area contributed by atoms with Crippen LogP contribution in [0.5, 0.6) is 0 Å². The Balaban J connectivity index is 2.23. The fourth-order valence-corrected chi connectivity index (χ4v) is 2.99. The van der Waals surface area contributed by atoms with Gasteiger partial charge in [-0.2, -0.15) is 0 Å². The molecule has 0 radical (unpaired) electrons. The number of ether oxygens (including phenoxy) is 1. The van der Waals surface area contributed by atoms with Crippen LogP contribution in [0.2, 0.25) is 0 Å². The second-order valence-corrected chi connectivity index (χ2v) is 6.27. The third-order valence-electron chi connectivity index (χ3n) is 4.11. The summed E-state index contributed by atoms with van der Waals surface area (Å²) in [5.41, 5.74) is 10.7. The number of aryl methyl sites for hydroxylation is 3. The molecule has 0 heterocycles. The number of nitrogens with two attached hydrogens (primary N) is 1. The molecule has 0 aromatic heterocycles. The van der Waals surface area contributed by atoms with Gasteiger partial charge >= 0.3 is 5.97 Å². The van der Waals surface area contributed by atoms with Crippen molar-refractivity contribution in [3.05, 3.63) is 64.2 Å². The summed E-state index contributed by atoms with van der Waals surface area (Å²) >= 11 is 0. The smallest absolute Gasteiger partial charge is 0.328 e. The molecule has 5 nitrogen and oxygen atoms in total. The maximum Gasteiger partial charge on any atom is 0.328 e. The lowest BCUT2D eigenvalue weighted by molar-refractivity contribution is -0.142. The van der Waals surface area contributed by atoms with Crippen LogP contribution in [-0.4, -0.2) is 25.0 Å². The first-order valence-corrected chi connectivity index (χ1v) is 8.12. The van der Waals surface area contributed by atoms with E-state index in [4.69, 9.17) is 10.5 Å². The minimum absolute atomic E-state index is 0.277. The van der Waals surface area contributed by atoms with Gasteiger partial charge in [-0.1, -0.05) is 29.8 Å². The maximum atomic E-state index is 12.7. The molecule has 0 aliphatic heterocycles. The molecule has 0 aliphatic rings. The number of methoxy groups -OCH3 is 1. The van der Waals surface area contributed by atoms with Crippen molar-refractivity contribution in [1.29, 1.82) is 0 Å². The van der Waals surface area contributed by atoms with Gasteiger partial charge in [0.2, 0.25) is 0 Å². The topological polar surface area (TPSA) is 81.4 Å². The minimum Gasteiger partial charge on any atom is -0.467 e. The number of benzene rings is 2. The van der Waals surface area contributed by atoms with Gasteiger partial charge in [0.1, 0.15) is 6.04 Å². The predicted octanol–water partition coefficient (Wildman–Crippen LogP) is 2.71. The zero-order chi connectivity index (χ0) is 18.6. The second kappa shape index (κ2) is 7.83. The summed E-state index contributed by atoms with van der Waals surface area (Å²) in [6.45, 7) is 5.77. The van der Waals surface area contributed by atoms with E-state index in [0.29, 0.717) is 17.7 Å². The van der Waals surface area contributed by atoms with Crippen LogP contribution in [0.3, 0.4) is 0 Å². The Bertz CT molecular complexity index is 759. The summed E-state index contributed by atoms with van der Waals surface area (Å²) in [7, 11) is 1.31. The number of nitrogens with one attached hydrogen (secondary N) is 1. The van der Waals surface area contributed by atoms with Crippen molar-refractivity contribution in [1.82, 2.24) is 5.32 Å². The molecule has 1 amide bonds. The van der Waals surface area contributed by atoms with Crippen molar-refractivity contribution in [2.75, 3.05) is 12.8 Å². The Labute approximate surface area is 148 Å². The van der Waals surface area contributed by atoms with Crippen LogP contribution in [0.15, 0.2) is 36.4 Å². The van der Waals surface area contributed by atoms with E-state index >= 15 is 0 Å². The van der Waals surface area contributed by atoms with Gasteiger partial charge in [0.25, 0.3) is 5.91 Å². The van der Waals surface area contributed by atoms with Gasteiger partial charge in [0, 0.05) is 17.7 Å². The van der Waals surface area contributed by atoms with Gasteiger partial charge in [0.05, 0.1) is 7.11 Å². The number of hydrogen-bond donors (Lipinski definition) is 2. The number of esters is 1. The van der Waals surface area contributed by atoms with Gasteiger partial charge in [-0.3, -0.25) is 4.79 Å². The Morgan fingerprint density at radius 3 is 2.16 bits per heavy atom. The Hall–Kier alpha value is -2.82. The first-order chi connectivity index (χ1) is 11.8. The molecule has 0 saturated heterocycles. The molecular weight excluding hydrogens is 316 g/mol. The average Bonchev–Trinajstić information content (AvgIpc) is 2.54. The lowest BCUT2D eigenvalue weighted by Crippen LogP contribution is -2.43. The van der Waals surface area contributed by atoms with Gasteiger partial charge < -0.3 is 15.8 Å². The van der Waals surface area contributed by atoms with Crippen molar-refractivity contribution in [3.63, 3.8) is 0 Å². The number of carbonyl (C=O) groups is 2. The summed E-state index contributed by atoms with van der Waals surface area (Å²) in [5, 5.41) is 2.80. The molecule has 0 aliphatic carbocycles. The molecule has 25 heavy (non-hydrogen) atoms. The number of hydrogen-bond acceptors (Lipinski definition) is 4. The normalized spacial score (nSPS) is 11.7. The molecule has 0 saturated carbocycles. The lowest BCUT2D eigenvalue weighted by Gasteiger charge is -2.18. The van der Waals surface area contributed by atoms with Crippen molar-refractivity contribution >= 4 is 17.6 Å². The highest BCUT2D eigenvalue weighted by atomic mass is 16.5. The third kappa shape index (κ3) is 4.59. The van der Waals surface area contributed by atoms with Gasteiger partial charge in [-0.25, -0.2) is 4.79 Å². The number of rotatable bonds is 5. The van der Waals surface area contributed by atoms with Gasteiger partial charge in [-0.05, 0) is 49.6 Å². The highest BCUT2D eigenvalue weighted by Crippen LogP contribution is 2.17. The molecule has 5 heteroatoms. The fraction of sp³-hybridized carbons (Fsp3) is 0.300. The second-order valence-electron chi connectivity index (χ2n) is 6.27. The summed E-state index contributed by atoms with van der Waals surface area (Å²) in [6, 6.07) is 10.3. The van der Waals surface area contributed by atoms with E-state index in [1.807, 2.05) is 45.0 Å². The molecule has 2 aromatic rings. The molecule has 3 N–H and O–H groups in total. The average molecular weight is 340 g/mol. The van der Waals surface area contributed by atoms with E-state index in [2.05, 4.69) is 5.32 Å². The standard InChI is InChI=1S/C20H24N2O3/c1-12-9-13(2)18(14(3)10-12)19(23)22-17(20(24)25-4)11-15-5-7-16(21)8-6-15/h5-10,17H,11,21H2,1-4H3,(H,22,23)/t17-/m0/s1. The van der Waals surface area contributed by atoms with Crippen LogP contribution in [-0.2, 0) is 16.0 Å². The highest BCUT2D eigenvalue weighted by molar-refractivity contribution is 5.99. The Morgan fingerprint density at radius 1 is 1.08 bits per heavy atom. The molecule has 0 fully saturated rings. The molecule has 0 unspecified atom stereocenters. The zero-order valence-corrected chi connectivity index (χ0v) is 15.1. The monoisotopic (exact) mass is 340 g/mol. The van der Waals surface area contributed by atoms with Crippen LogP contribution < -0.4 is 11.1 Å². The van der Waals surface area contributed by atoms with Crippen molar-refractivity contribution in [2.45, 2.75) is 33.2 Å². The molecule has 0 bridgehead atoms. The molecule has 132 valence electrons. The molecule has 2 aromatic carbocycles. The Kier molecular flexibility index (Phi) is 5.80. The van der Waals surface area contributed by atoms with Gasteiger partial charge in [0.15, 0.2) is 0 Å². The van der Waals surface area contributed by atoms with E-state index in [-0.39, 0.29) is 5.91 Å². The molecule has 2 rings (SSSR count). The van der Waals surface area contributed by atoms with E-state index in [0.717, 1.165) is 22.3 Å². The van der Waals surface area contributed by atoms with Crippen molar-refractivity contribution in [2.24, 2.45) is 0 Å². The zero-order valence-electron chi connectivity index (χ0n) is 15.1. The van der Waals surface area contributed by atoms with E-state index < -0.39 is 12.0 Å². The Morgan fingerprint density at radius 2 is 1.64 bits per heavy atom. The van der Waals surface area contributed by atoms with Crippen molar-refractivity contribution in [3.8, 4) is 0 Å². The highest BCUT2D eigenvalue weighted by Gasteiger charge is 2.24. The first-order valence-electron chi connectivity index (χ1n) is 8.12.